The van der Waals surface area contributed by atoms with E-state index in [0.29, 0.717) is 0 Å². The molecule has 4 aliphatic carbocycles. The Labute approximate surface area is 178 Å². The van der Waals surface area contributed by atoms with Crippen LogP contribution in [0.25, 0.3) is 0 Å². The average Bonchev–Trinajstić information content (AvgIpc) is 3.14. The summed E-state index contributed by atoms with van der Waals surface area (Å²) in [5, 5.41) is 0. The maximum atomic E-state index is 2.58. The van der Waals surface area contributed by atoms with Gasteiger partial charge in [-0.3, -0.25) is 0 Å². The van der Waals surface area contributed by atoms with Gasteiger partial charge in [-0.15, -0.1) is 0 Å². The van der Waals surface area contributed by atoms with Crippen molar-refractivity contribution in [1.82, 2.24) is 0 Å². The molecule has 0 bridgehead atoms. The van der Waals surface area contributed by atoms with Gasteiger partial charge in [0.25, 0.3) is 0 Å². The van der Waals surface area contributed by atoms with Crippen molar-refractivity contribution in [3.63, 3.8) is 0 Å². The van der Waals surface area contributed by atoms with Crippen molar-refractivity contribution in [3.05, 3.63) is 48.6 Å². The number of halogens is 2. The average molecular weight is 457 g/mol. The summed E-state index contributed by atoms with van der Waals surface area (Å²) in [5.74, 6) is 5.57. The van der Waals surface area contributed by atoms with E-state index < -0.39 is 23.2 Å². The standard InChI is InChI=1S/2C11H15.2ClH.Zr/c2*1-2-9-7-10-5-3-4-6-11(10)8-9;;;/h2*3-7,9-11H,2,8H2,1H3;2*1H;/q;;;;+2/p-2. The molecular formula is C22H30Cl2Zr. The fraction of sp³-hybridized carbons (Fsp3) is 0.636. The van der Waals surface area contributed by atoms with Gasteiger partial charge in [0.05, 0.1) is 0 Å². The van der Waals surface area contributed by atoms with Gasteiger partial charge in [0.15, 0.2) is 0 Å². The fourth-order valence-corrected chi connectivity index (χ4v) is 12.9. The number of hydrogen-bond donors (Lipinski definition) is 0. The monoisotopic (exact) mass is 454 g/mol. The molecule has 0 aromatic carbocycles. The van der Waals surface area contributed by atoms with E-state index in [2.05, 4.69) is 62.5 Å². The molecule has 0 radical (unpaired) electrons. The molecule has 136 valence electrons. The van der Waals surface area contributed by atoms with E-state index in [0.717, 1.165) is 42.8 Å². The van der Waals surface area contributed by atoms with E-state index in [1.54, 1.807) is 0 Å². The van der Waals surface area contributed by atoms with Crippen LogP contribution in [0.3, 0.4) is 0 Å². The number of hydrogen-bond acceptors (Lipinski definition) is 0. The number of fused-ring (bicyclic) bond motifs is 2. The number of allylic oxidation sites excluding steroid dienone is 8. The first-order valence-corrected chi connectivity index (χ1v) is 12.6. The molecule has 2 saturated carbocycles. The van der Waals surface area contributed by atoms with Crippen LogP contribution in [-0.4, -0.2) is 0 Å². The maximum absolute atomic E-state index is 2.58. The molecular weight excluding hydrogens is 426 g/mol. The van der Waals surface area contributed by atoms with E-state index in [9.17, 15) is 0 Å². The van der Waals surface area contributed by atoms with Gasteiger partial charge in [-0.25, -0.2) is 0 Å². The van der Waals surface area contributed by atoms with Gasteiger partial charge in [0.2, 0.25) is 0 Å². The molecule has 0 saturated heterocycles. The Kier molecular flexibility index (Phi) is 8.31. The van der Waals surface area contributed by atoms with Crippen molar-refractivity contribution in [3.8, 4) is 0 Å². The fourth-order valence-electron chi connectivity index (χ4n) is 5.76. The quantitative estimate of drug-likeness (QED) is 0.568. The topological polar surface area (TPSA) is 0 Å². The molecule has 3 heteroatoms. The van der Waals surface area contributed by atoms with Crippen LogP contribution in [0.2, 0.25) is 7.25 Å². The van der Waals surface area contributed by atoms with Crippen molar-refractivity contribution < 1.29 is 48.0 Å². The summed E-state index contributed by atoms with van der Waals surface area (Å²) < 4.78 is 2.18. The Bertz CT molecular complexity index is 502. The summed E-state index contributed by atoms with van der Waals surface area (Å²) in [5.41, 5.74) is 0. The van der Waals surface area contributed by atoms with Crippen molar-refractivity contribution in [2.45, 2.75) is 46.8 Å². The molecule has 0 amide bonds. The molecule has 4 rings (SSSR count). The SMILES string of the molecule is CCC1CC2C=CC=CC2[CH]1[Zr+2][CH]1C(CC)CC2C=CC=CC21.[Cl-].[Cl-]. The molecule has 0 spiro atoms. The second-order valence-electron chi connectivity index (χ2n) is 8.05. The first kappa shape index (κ1) is 21.7. The van der Waals surface area contributed by atoms with Crippen LogP contribution in [0.4, 0.5) is 0 Å². The van der Waals surface area contributed by atoms with Crippen LogP contribution in [0.5, 0.6) is 0 Å². The third-order valence-electron chi connectivity index (χ3n) is 7.02. The third kappa shape index (κ3) is 4.15. The summed E-state index contributed by atoms with van der Waals surface area (Å²) in [4.78, 5) is 0. The van der Waals surface area contributed by atoms with Crippen LogP contribution >= 0.6 is 0 Å². The first-order chi connectivity index (χ1) is 11.3. The molecule has 0 aromatic rings. The molecule has 2 fully saturated rings. The summed E-state index contributed by atoms with van der Waals surface area (Å²) in [6, 6.07) is 0. The molecule has 0 heterocycles. The minimum absolute atomic E-state index is 0. The van der Waals surface area contributed by atoms with Crippen LogP contribution in [0.15, 0.2) is 48.6 Å². The predicted octanol–water partition coefficient (Wildman–Crippen LogP) is 0.231. The molecule has 8 unspecified atom stereocenters. The van der Waals surface area contributed by atoms with Gasteiger partial charge in [-0.1, -0.05) is 0 Å². The van der Waals surface area contributed by atoms with Gasteiger partial charge in [-0.05, 0) is 0 Å². The van der Waals surface area contributed by atoms with Crippen molar-refractivity contribution in [2.24, 2.45) is 35.5 Å². The van der Waals surface area contributed by atoms with Gasteiger partial charge < -0.3 is 24.8 Å². The van der Waals surface area contributed by atoms with E-state index in [1.165, 1.54) is 25.7 Å². The third-order valence-corrected chi connectivity index (χ3v) is 13.1. The zero-order chi connectivity index (χ0) is 15.8. The van der Waals surface area contributed by atoms with Crippen molar-refractivity contribution >= 4 is 0 Å². The second kappa shape index (κ2) is 9.57. The van der Waals surface area contributed by atoms with Gasteiger partial charge in [0.1, 0.15) is 0 Å². The van der Waals surface area contributed by atoms with Crippen LogP contribution in [-0.2, 0) is 23.2 Å². The molecule has 0 N–H and O–H groups in total. The van der Waals surface area contributed by atoms with Gasteiger partial charge >= 0.3 is 154 Å². The zero-order valence-corrected chi connectivity index (χ0v) is 19.3. The maximum Gasteiger partial charge on any atom is -1.00 e. The predicted molar refractivity (Wildman–Crippen MR) is 94.8 cm³/mol. The van der Waals surface area contributed by atoms with Gasteiger partial charge in [0, 0.05) is 0 Å². The van der Waals surface area contributed by atoms with E-state index in [-0.39, 0.29) is 24.8 Å². The van der Waals surface area contributed by atoms with Crippen LogP contribution < -0.4 is 24.8 Å². The number of rotatable bonds is 4. The normalized spacial score (nSPS) is 43.0. The van der Waals surface area contributed by atoms with Gasteiger partial charge in [-0.2, -0.15) is 0 Å². The molecule has 8 atom stereocenters. The molecule has 4 aliphatic rings. The molecule has 25 heavy (non-hydrogen) atoms. The van der Waals surface area contributed by atoms with Crippen molar-refractivity contribution in [1.29, 1.82) is 0 Å². The van der Waals surface area contributed by atoms with E-state index in [4.69, 9.17) is 0 Å². The summed E-state index contributed by atoms with van der Waals surface area (Å²) in [6.07, 6.45) is 25.2. The Morgan fingerprint density at radius 1 is 0.680 bits per heavy atom. The zero-order valence-electron chi connectivity index (χ0n) is 15.3. The van der Waals surface area contributed by atoms with E-state index >= 15 is 0 Å². The Morgan fingerprint density at radius 2 is 1.08 bits per heavy atom. The largest absolute Gasteiger partial charge is 1.00 e. The molecule has 0 nitrogen and oxygen atoms in total. The summed E-state index contributed by atoms with van der Waals surface area (Å²) >= 11 is -0.395. The Hall–Kier alpha value is 0.423. The first-order valence-electron chi connectivity index (χ1n) is 9.77. The molecule has 0 aliphatic heterocycles. The minimum Gasteiger partial charge on any atom is -1.00 e. The smallest absolute Gasteiger partial charge is 1.00 e. The molecule has 0 aromatic heterocycles. The minimum atomic E-state index is -0.395. The van der Waals surface area contributed by atoms with Crippen molar-refractivity contribution in [2.75, 3.05) is 0 Å². The summed E-state index contributed by atoms with van der Waals surface area (Å²) in [7, 11) is 0. The summed E-state index contributed by atoms with van der Waals surface area (Å²) in [6.45, 7) is 4.89. The van der Waals surface area contributed by atoms with E-state index in [1.807, 2.05) is 0 Å². The van der Waals surface area contributed by atoms with Crippen LogP contribution in [0, 0.1) is 35.5 Å². The van der Waals surface area contributed by atoms with Crippen LogP contribution in [0.1, 0.15) is 39.5 Å². The Morgan fingerprint density at radius 3 is 1.48 bits per heavy atom. The Balaban J connectivity index is 0.00000113. The second-order valence-corrected chi connectivity index (χ2v) is 12.1.